The highest BCUT2D eigenvalue weighted by Crippen LogP contribution is 2.38. The second kappa shape index (κ2) is 8.63. The van der Waals surface area contributed by atoms with E-state index in [1.807, 2.05) is 51.1 Å². The van der Waals surface area contributed by atoms with Gasteiger partial charge in [0.25, 0.3) is 0 Å². The minimum Gasteiger partial charge on any atom is -0.504 e. The van der Waals surface area contributed by atoms with Crippen LogP contribution in [0.5, 0.6) is 11.5 Å². The fraction of sp³-hybridized carbons (Fsp3) is 0.381. The van der Waals surface area contributed by atoms with E-state index in [-0.39, 0.29) is 30.0 Å². The lowest BCUT2D eigenvalue weighted by atomic mass is 9.97. The highest BCUT2D eigenvalue weighted by Gasteiger charge is 2.27. The topological polar surface area (TPSA) is 75.8 Å². The lowest BCUT2D eigenvalue weighted by Gasteiger charge is -2.25. The molecule has 2 aromatic carbocycles. The van der Waals surface area contributed by atoms with Crippen molar-refractivity contribution in [3.05, 3.63) is 47.5 Å². The Kier molecular flexibility index (Phi) is 6.73. The first-order valence-corrected chi connectivity index (χ1v) is 8.97. The molecule has 1 aliphatic rings. The summed E-state index contributed by atoms with van der Waals surface area (Å²) in [4.78, 5) is 14.4. The lowest BCUT2D eigenvalue weighted by Crippen LogP contribution is -2.46. The number of aromatic hydroxyl groups is 1. The summed E-state index contributed by atoms with van der Waals surface area (Å²) in [6.45, 7) is 7.07. The van der Waals surface area contributed by atoms with Crippen molar-refractivity contribution in [3.63, 3.8) is 0 Å². The minimum atomic E-state index is -0.537. The van der Waals surface area contributed by atoms with E-state index in [1.165, 1.54) is 0 Å². The number of fused-ring (bicyclic) bond motifs is 1. The highest BCUT2D eigenvalue weighted by molar-refractivity contribution is 5.85. The average Bonchev–Trinajstić information content (AvgIpc) is 2.83. The Balaban J connectivity index is 0.00000261. The molecule has 5 nitrogen and oxygen atoms in total. The number of rotatable bonds is 3. The van der Waals surface area contributed by atoms with E-state index in [0.717, 1.165) is 22.3 Å². The minimum absolute atomic E-state index is 0. The van der Waals surface area contributed by atoms with Crippen molar-refractivity contribution in [1.29, 1.82) is 0 Å². The summed E-state index contributed by atoms with van der Waals surface area (Å²) in [6, 6.07) is 11.2. The van der Waals surface area contributed by atoms with E-state index < -0.39 is 6.04 Å². The van der Waals surface area contributed by atoms with Gasteiger partial charge in [0.1, 0.15) is 6.61 Å². The molecular formula is C21H27ClN2O3. The molecule has 27 heavy (non-hydrogen) atoms. The van der Waals surface area contributed by atoms with Gasteiger partial charge in [-0.1, -0.05) is 38.1 Å². The van der Waals surface area contributed by atoms with Gasteiger partial charge in [-0.05, 0) is 41.7 Å². The van der Waals surface area contributed by atoms with Gasteiger partial charge >= 0.3 is 0 Å². The van der Waals surface area contributed by atoms with Crippen molar-refractivity contribution in [2.24, 2.45) is 11.7 Å². The molecule has 146 valence electrons. The number of halogens is 1. The van der Waals surface area contributed by atoms with Crippen LogP contribution in [0.2, 0.25) is 0 Å². The molecule has 0 spiro atoms. The maximum Gasteiger partial charge on any atom is 0.240 e. The molecule has 3 rings (SSSR count). The summed E-state index contributed by atoms with van der Waals surface area (Å²) in [5.41, 5.74) is 9.92. The van der Waals surface area contributed by atoms with Crippen LogP contribution in [0.4, 0.5) is 0 Å². The third-order valence-electron chi connectivity index (χ3n) is 4.89. The van der Waals surface area contributed by atoms with E-state index in [0.29, 0.717) is 25.4 Å². The summed E-state index contributed by atoms with van der Waals surface area (Å²) in [5.74, 6) is 0.536. The van der Waals surface area contributed by atoms with Crippen molar-refractivity contribution in [1.82, 2.24) is 4.90 Å². The number of carbonyl (C=O) groups is 1. The van der Waals surface area contributed by atoms with Gasteiger partial charge in [-0.15, -0.1) is 12.4 Å². The number of nitrogens with two attached hydrogens (primary N) is 1. The number of carbonyl (C=O) groups excluding carboxylic acids is 1. The monoisotopic (exact) mass is 390 g/mol. The highest BCUT2D eigenvalue weighted by atomic mass is 35.5. The molecule has 2 aromatic rings. The SMILES string of the molecule is Cc1ccccc1-c1cc(O)c2c(c1)CN(C(=O)[C@H](N)C(C)C)CCO2.Cl. The first-order valence-electron chi connectivity index (χ1n) is 8.97. The zero-order chi connectivity index (χ0) is 18.8. The fourth-order valence-corrected chi connectivity index (χ4v) is 3.24. The number of aryl methyl sites for hydroxylation is 1. The lowest BCUT2D eigenvalue weighted by molar-refractivity contribution is -0.134. The number of phenolic OH excluding ortho intramolecular Hbond substituents is 1. The van der Waals surface area contributed by atoms with Crippen LogP contribution in [-0.4, -0.2) is 35.1 Å². The molecule has 0 unspecified atom stereocenters. The zero-order valence-corrected chi connectivity index (χ0v) is 16.8. The molecule has 0 saturated heterocycles. The molecule has 3 N–H and O–H groups in total. The summed E-state index contributed by atoms with van der Waals surface area (Å²) >= 11 is 0. The Labute approximate surface area is 166 Å². The maximum absolute atomic E-state index is 12.7. The molecule has 0 radical (unpaired) electrons. The molecule has 1 amide bonds. The van der Waals surface area contributed by atoms with Crippen LogP contribution in [0.1, 0.15) is 25.0 Å². The van der Waals surface area contributed by atoms with Crippen molar-refractivity contribution in [2.75, 3.05) is 13.2 Å². The smallest absolute Gasteiger partial charge is 0.240 e. The third kappa shape index (κ3) is 4.37. The van der Waals surface area contributed by atoms with Crippen LogP contribution >= 0.6 is 12.4 Å². The second-order valence-electron chi connectivity index (χ2n) is 7.18. The summed E-state index contributed by atoms with van der Waals surface area (Å²) in [7, 11) is 0. The van der Waals surface area contributed by atoms with E-state index in [9.17, 15) is 9.90 Å². The predicted molar refractivity (Wildman–Crippen MR) is 109 cm³/mol. The van der Waals surface area contributed by atoms with Crippen molar-refractivity contribution >= 4 is 18.3 Å². The van der Waals surface area contributed by atoms with Crippen molar-refractivity contribution < 1.29 is 14.6 Å². The Hall–Kier alpha value is -2.24. The Morgan fingerprint density at radius 2 is 1.96 bits per heavy atom. The van der Waals surface area contributed by atoms with Crippen molar-refractivity contribution in [3.8, 4) is 22.6 Å². The van der Waals surface area contributed by atoms with Gasteiger partial charge in [-0.25, -0.2) is 0 Å². The van der Waals surface area contributed by atoms with Gasteiger partial charge in [-0.2, -0.15) is 0 Å². The van der Waals surface area contributed by atoms with Crippen LogP contribution in [0.15, 0.2) is 36.4 Å². The number of phenols is 1. The van der Waals surface area contributed by atoms with E-state index >= 15 is 0 Å². The second-order valence-corrected chi connectivity index (χ2v) is 7.18. The largest absolute Gasteiger partial charge is 0.504 e. The molecule has 0 aromatic heterocycles. The summed E-state index contributed by atoms with van der Waals surface area (Å²) in [6.07, 6.45) is 0. The Bertz CT molecular complexity index is 823. The van der Waals surface area contributed by atoms with E-state index in [4.69, 9.17) is 10.5 Å². The molecule has 6 heteroatoms. The van der Waals surface area contributed by atoms with Crippen LogP contribution in [-0.2, 0) is 11.3 Å². The Morgan fingerprint density at radius 3 is 2.63 bits per heavy atom. The molecule has 0 bridgehead atoms. The zero-order valence-electron chi connectivity index (χ0n) is 15.9. The van der Waals surface area contributed by atoms with Crippen LogP contribution < -0.4 is 10.5 Å². The number of hydrogen-bond donors (Lipinski definition) is 2. The van der Waals surface area contributed by atoms with E-state index in [1.54, 1.807) is 11.0 Å². The van der Waals surface area contributed by atoms with Crippen LogP contribution in [0.25, 0.3) is 11.1 Å². The van der Waals surface area contributed by atoms with Gasteiger partial charge < -0.3 is 20.5 Å². The number of hydrogen-bond acceptors (Lipinski definition) is 4. The fourth-order valence-electron chi connectivity index (χ4n) is 3.24. The molecular weight excluding hydrogens is 364 g/mol. The molecule has 0 fully saturated rings. The number of benzene rings is 2. The molecule has 0 saturated carbocycles. The normalized spacial score (nSPS) is 14.6. The number of amides is 1. The molecule has 1 atom stereocenters. The van der Waals surface area contributed by atoms with Gasteiger partial charge in [0, 0.05) is 12.1 Å². The van der Waals surface area contributed by atoms with Gasteiger partial charge in [0.15, 0.2) is 11.5 Å². The van der Waals surface area contributed by atoms with Crippen LogP contribution in [0.3, 0.4) is 0 Å². The summed E-state index contributed by atoms with van der Waals surface area (Å²) in [5, 5.41) is 10.5. The van der Waals surface area contributed by atoms with Gasteiger partial charge in [0.2, 0.25) is 5.91 Å². The van der Waals surface area contributed by atoms with E-state index in [2.05, 4.69) is 0 Å². The Morgan fingerprint density at radius 1 is 1.26 bits per heavy atom. The first kappa shape index (κ1) is 21.1. The standard InChI is InChI=1S/C21H26N2O3.ClH/c1-13(2)19(22)21(25)23-8-9-26-20-16(12-23)10-15(11-18(20)24)17-7-5-4-6-14(17)3;/h4-7,10-11,13,19,24H,8-9,12,22H2,1-3H3;1H/t19-;/m1./s1. The number of ether oxygens (including phenoxy) is 1. The molecule has 1 heterocycles. The third-order valence-corrected chi connectivity index (χ3v) is 4.89. The molecule has 0 aliphatic carbocycles. The first-order chi connectivity index (χ1) is 12.4. The van der Waals surface area contributed by atoms with Gasteiger partial charge in [0.05, 0.1) is 12.6 Å². The predicted octanol–water partition coefficient (Wildman–Crippen LogP) is 3.49. The average molecular weight is 391 g/mol. The van der Waals surface area contributed by atoms with Crippen LogP contribution in [0, 0.1) is 12.8 Å². The quantitative estimate of drug-likeness (QED) is 0.841. The van der Waals surface area contributed by atoms with Crippen molar-refractivity contribution in [2.45, 2.75) is 33.4 Å². The maximum atomic E-state index is 12.7. The number of nitrogens with zero attached hydrogens (tertiary/aromatic N) is 1. The molecule has 1 aliphatic heterocycles. The summed E-state index contributed by atoms with van der Waals surface area (Å²) < 4.78 is 5.74. The van der Waals surface area contributed by atoms with Gasteiger partial charge in [-0.3, -0.25) is 4.79 Å².